The van der Waals surface area contributed by atoms with Crippen molar-refractivity contribution in [2.24, 2.45) is 5.92 Å². The Bertz CT molecular complexity index is 382. The van der Waals surface area contributed by atoms with Crippen molar-refractivity contribution in [3.8, 4) is 0 Å². The molecule has 0 fully saturated rings. The fourth-order valence-electron chi connectivity index (χ4n) is 1.18. The lowest BCUT2D eigenvalue weighted by atomic mass is 10.1. The van der Waals surface area contributed by atoms with Gasteiger partial charge in [0.1, 0.15) is 11.6 Å². The van der Waals surface area contributed by atoms with E-state index in [1.807, 2.05) is 0 Å². The third-order valence-corrected chi connectivity index (χ3v) is 2.24. The van der Waals surface area contributed by atoms with Gasteiger partial charge in [0.05, 0.1) is 11.6 Å². The lowest BCUT2D eigenvalue weighted by Crippen LogP contribution is -2.14. The van der Waals surface area contributed by atoms with Crippen LogP contribution >= 0.6 is 0 Å². The lowest BCUT2D eigenvalue weighted by molar-refractivity contribution is -0.141. The second-order valence-corrected chi connectivity index (χ2v) is 3.58. The molecule has 0 saturated heterocycles. The molecule has 1 unspecified atom stereocenters. The molecular weight excluding hydrogens is 216 g/mol. The average molecular weight is 229 g/mol. The number of carbonyl (C=O) groups is 1. The molecule has 0 heterocycles. The highest BCUT2D eigenvalue weighted by atomic mass is 19.1. The van der Waals surface area contributed by atoms with Crippen LogP contribution in [0.2, 0.25) is 0 Å². The van der Waals surface area contributed by atoms with Crippen molar-refractivity contribution in [2.75, 3.05) is 11.9 Å². The zero-order valence-corrected chi connectivity index (χ0v) is 8.84. The van der Waals surface area contributed by atoms with E-state index in [-0.39, 0.29) is 12.2 Å². The van der Waals surface area contributed by atoms with E-state index < -0.39 is 23.5 Å². The summed E-state index contributed by atoms with van der Waals surface area (Å²) >= 11 is 0. The summed E-state index contributed by atoms with van der Waals surface area (Å²) in [6.45, 7) is 1.85. The minimum atomic E-state index is -0.901. The van der Waals surface area contributed by atoms with Crippen LogP contribution in [0.15, 0.2) is 18.2 Å². The molecule has 0 saturated carbocycles. The van der Waals surface area contributed by atoms with Gasteiger partial charge in [0.25, 0.3) is 0 Å². The van der Waals surface area contributed by atoms with E-state index in [0.29, 0.717) is 6.42 Å². The maximum Gasteiger partial charge on any atom is 0.306 e. The number of aliphatic carboxylic acids is 1. The van der Waals surface area contributed by atoms with Gasteiger partial charge < -0.3 is 10.4 Å². The normalized spacial score (nSPS) is 12.2. The van der Waals surface area contributed by atoms with Gasteiger partial charge in [-0.05, 0) is 24.6 Å². The summed E-state index contributed by atoms with van der Waals surface area (Å²) in [5.74, 6) is -2.50. The highest BCUT2D eigenvalue weighted by Crippen LogP contribution is 2.15. The molecule has 1 atom stereocenters. The Balaban J connectivity index is 2.48. The van der Waals surface area contributed by atoms with E-state index in [1.54, 1.807) is 6.92 Å². The Morgan fingerprint density at radius 1 is 1.50 bits per heavy atom. The molecule has 1 rings (SSSR count). The van der Waals surface area contributed by atoms with Gasteiger partial charge in [0.15, 0.2) is 0 Å². The fraction of sp³-hybridized carbons (Fsp3) is 0.364. The molecule has 0 aromatic heterocycles. The van der Waals surface area contributed by atoms with Crippen molar-refractivity contribution in [2.45, 2.75) is 13.3 Å². The second-order valence-electron chi connectivity index (χ2n) is 3.58. The van der Waals surface area contributed by atoms with Crippen LogP contribution in [-0.4, -0.2) is 17.6 Å². The SMILES string of the molecule is CC(CCNc1cc(F)ccc1F)C(=O)O. The molecule has 1 aromatic carbocycles. The lowest BCUT2D eigenvalue weighted by Gasteiger charge is -2.09. The molecule has 0 spiro atoms. The van der Waals surface area contributed by atoms with Gasteiger partial charge in [-0.3, -0.25) is 4.79 Å². The van der Waals surface area contributed by atoms with Crippen LogP contribution in [0, 0.1) is 17.6 Å². The standard InChI is InChI=1S/C11H13F2NO2/c1-7(11(15)16)4-5-14-10-6-8(12)2-3-9(10)13/h2-3,6-7,14H,4-5H2,1H3,(H,15,16). The molecule has 0 aliphatic rings. The van der Waals surface area contributed by atoms with Gasteiger partial charge in [0.2, 0.25) is 0 Å². The summed E-state index contributed by atoms with van der Waals surface area (Å²) in [7, 11) is 0. The van der Waals surface area contributed by atoms with Crippen molar-refractivity contribution in [1.82, 2.24) is 0 Å². The first kappa shape index (κ1) is 12.4. The molecule has 0 radical (unpaired) electrons. The molecule has 0 aliphatic heterocycles. The monoisotopic (exact) mass is 229 g/mol. The summed E-state index contributed by atoms with van der Waals surface area (Å²) in [4.78, 5) is 10.5. The molecule has 0 aliphatic carbocycles. The molecule has 1 aromatic rings. The summed E-state index contributed by atoms with van der Waals surface area (Å²) in [5.41, 5.74) is 0.0533. The number of hydrogen-bond donors (Lipinski definition) is 2. The zero-order chi connectivity index (χ0) is 12.1. The third-order valence-electron chi connectivity index (χ3n) is 2.24. The Morgan fingerprint density at radius 3 is 2.81 bits per heavy atom. The van der Waals surface area contributed by atoms with Gasteiger partial charge in [-0.25, -0.2) is 8.78 Å². The topological polar surface area (TPSA) is 49.3 Å². The van der Waals surface area contributed by atoms with Gasteiger partial charge in [0, 0.05) is 6.54 Å². The molecule has 0 bridgehead atoms. The van der Waals surface area contributed by atoms with Crippen LogP contribution in [-0.2, 0) is 4.79 Å². The minimum absolute atomic E-state index is 0.0533. The van der Waals surface area contributed by atoms with Crippen molar-refractivity contribution in [3.05, 3.63) is 29.8 Å². The number of halogens is 2. The maximum atomic E-state index is 13.1. The summed E-state index contributed by atoms with van der Waals surface area (Å²) in [6.07, 6.45) is 0.352. The first-order chi connectivity index (χ1) is 7.50. The number of nitrogens with one attached hydrogen (secondary N) is 1. The highest BCUT2D eigenvalue weighted by Gasteiger charge is 2.10. The Hall–Kier alpha value is -1.65. The first-order valence-corrected chi connectivity index (χ1v) is 4.92. The summed E-state index contributed by atoms with van der Waals surface area (Å²) < 4.78 is 25.9. The number of rotatable bonds is 5. The van der Waals surface area contributed by atoms with Crippen LogP contribution in [0.5, 0.6) is 0 Å². The maximum absolute atomic E-state index is 13.1. The molecule has 3 nitrogen and oxygen atoms in total. The van der Waals surface area contributed by atoms with E-state index in [1.165, 1.54) is 0 Å². The van der Waals surface area contributed by atoms with E-state index in [0.717, 1.165) is 18.2 Å². The number of anilines is 1. The van der Waals surface area contributed by atoms with Gasteiger partial charge in [-0.2, -0.15) is 0 Å². The van der Waals surface area contributed by atoms with Gasteiger partial charge in [-0.15, -0.1) is 0 Å². The summed E-state index contributed by atoms with van der Waals surface area (Å²) in [6, 6.07) is 3.10. The molecular formula is C11H13F2NO2. The Labute approximate surface area is 92.1 Å². The van der Waals surface area contributed by atoms with Crippen molar-refractivity contribution in [1.29, 1.82) is 0 Å². The van der Waals surface area contributed by atoms with E-state index >= 15 is 0 Å². The molecule has 88 valence electrons. The van der Waals surface area contributed by atoms with Crippen molar-refractivity contribution >= 4 is 11.7 Å². The number of carboxylic acids is 1. The van der Waals surface area contributed by atoms with E-state index in [2.05, 4.69) is 5.32 Å². The van der Waals surface area contributed by atoms with Crippen LogP contribution in [0.3, 0.4) is 0 Å². The quantitative estimate of drug-likeness (QED) is 0.815. The number of carboxylic acid groups (broad SMARTS) is 1. The second kappa shape index (κ2) is 5.44. The Morgan fingerprint density at radius 2 is 2.19 bits per heavy atom. The summed E-state index contributed by atoms with van der Waals surface area (Å²) in [5, 5.41) is 11.3. The Kier molecular flexibility index (Phi) is 4.22. The zero-order valence-electron chi connectivity index (χ0n) is 8.84. The molecule has 16 heavy (non-hydrogen) atoms. The smallest absolute Gasteiger partial charge is 0.306 e. The van der Waals surface area contributed by atoms with E-state index in [4.69, 9.17) is 5.11 Å². The predicted molar refractivity (Wildman–Crippen MR) is 56.3 cm³/mol. The third kappa shape index (κ3) is 3.49. The largest absolute Gasteiger partial charge is 0.481 e. The van der Waals surface area contributed by atoms with Crippen LogP contribution in [0.25, 0.3) is 0 Å². The van der Waals surface area contributed by atoms with Crippen LogP contribution in [0.1, 0.15) is 13.3 Å². The van der Waals surface area contributed by atoms with Gasteiger partial charge >= 0.3 is 5.97 Å². The van der Waals surface area contributed by atoms with E-state index in [9.17, 15) is 13.6 Å². The number of hydrogen-bond acceptors (Lipinski definition) is 2. The average Bonchev–Trinajstić information content (AvgIpc) is 2.22. The van der Waals surface area contributed by atoms with Crippen LogP contribution in [0.4, 0.5) is 14.5 Å². The highest BCUT2D eigenvalue weighted by molar-refractivity contribution is 5.69. The first-order valence-electron chi connectivity index (χ1n) is 4.92. The van der Waals surface area contributed by atoms with Gasteiger partial charge in [-0.1, -0.05) is 6.92 Å². The molecule has 5 heteroatoms. The van der Waals surface area contributed by atoms with Crippen molar-refractivity contribution in [3.63, 3.8) is 0 Å². The fourth-order valence-corrected chi connectivity index (χ4v) is 1.18. The molecule has 2 N–H and O–H groups in total. The van der Waals surface area contributed by atoms with Crippen LogP contribution < -0.4 is 5.32 Å². The molecule has 0 amide bonds. The predicted octanol–water partition coefficient (Wildman–Crippen LogP) is 2.49. The minimum Gasteiger partial charge on any atom is -0.481 e. The van der Waals surface area contributed by atoms with Crippen molar-refractivity contribution < 1.29 is 18.7 Å². The number of benzene rings is 1.